The molecule has 168 valence electrons. The molecule has 10 heteroatoms. The fourth-order valence-corrected chi connectivity index (χ4v) is 7.84. The van der Waals surface area contributed by atoms with Crippen LogP contribution in [-0.2, 0) is 10.0 Å². The van der Waals surface area contributed by atoms with E-state index in [4.69, 9.17) is 11.6 Å². The number of piperazine rings is 1. The quantitative estimate of drug-likeness (QED) is 0.711. The van der Waals surface area contributed by atoms with Crippen LogP contribution in [0.2, 0.25) is 4.34 Å². The summed E-state index contributed by atoms with van der Waals surface area (Å²) < 4.78 is 27.6. The summed E-state index contributed by atoms with van der Waals surface area (Å²) in [5, 5.41) is 3.17. The summed E-state index contributed by atoms with van der Waals surface area (Å²) in [5.41, 5.74) is 0. The van der Waals surface area contributed by atoms with Crippen molar-refractivity contribution in [2.45, 2.75) is 48.8 Å². The molecule has 0 atom stereocenters. The zero-order valence-corrected chi connectivity index (χ0v) is 19.7. The lowest BCUT2D eigenvalue weighted by molar-refractivity contribution is 0.149. The largest absolute Gasteiger partial charge is 0.335 e. The number of hydrogen-bond acceptors (Lipinski definition) is 5. The number of sulfonamides is 1. The molecule has 1 aromatic rings. The molecule has 2 saturated heterocycles. The summed E-state index contributed by atoms with van der Waals surface area (Å²) in [4.78, 5) is 17.0. The number of carbonyl (C=O) groups excluding carboxylic acids is 1. The van der Waals surface area contributed by atoms with Gasteiger partial charge in [-0.25, -0.2) is 13.2 Å². The number of rotatable bonds is 5. The van der Waals surface area contributed by atoms with E-state index >= 15 is 0 Å². The number of nitrogens with zero attached hydrogens (tertiary/aromatic N) is 3. The van der Waals surface area contributed by atoms with E-state index in [1.54, 1.807) is 17.0 Å². The lowest BCUT2D eigenvalue weighted by Crippen LogP contribution is -2.55. The SMILES string of the molecule is O=C(NC1CCN(CC2CCCC2)CC1)N1CCN(S(=O)(=O)c2ccc(Cl)s2)CC1. The lowest BCUT2D eigenvalue weighted by atomic mass is 10.0. The van der Waals surface area contributed by atoms with E-state index in [9.17, 15) is 13.2 Å². The molecule has 2 aliphatic heterocycles. The van der Waals surface area contributed by atoms with Gasteiger partial charge in [-0.15, -0.1) is 11.3 Å². The molecule has 1 aliphatic carbocycles. The molecule has 1 aromatic heterocycles. The summed E-state index contributed by atoms with van der Waals surface area (Å²) in [6.07, 6.45) is 7.49. The summed E-state index contributed by atoms with van der Waals surface area (Å²) in [6, 6.07) is 3.29. The maximum atomic E-state index is 12.7. The number of hydrogen-bond donors (Lipinski definition) is 1. The second-order valence-corrected chi connectivity index (χ2v) is 12.5. The second kappa shape index (κ2) is 9.73. The van der Waals surface area contributed by atoms with Gasteiger partial charge in [0.25, 0.3) is 10.0 Å². The Balaban J connectivity index is 1.20. The smallest absolute Gasteiger partial charge is 0.317 e. The standard InChI is InChI=1S/C20H31ClN4O3S2/c21-18-5-6-19(29-18)30(27,28)25-13-11-24(12-14-25)20(26)22-17-7-9-23(10-8-17)15-16-3-1-2-4-16/h5-6,16-17H,1-4,7-15H2,(H,22,26). The van der Waals surface area contributed by atoms with Gasteiger partial charge in [0, 0.05) is 51.9 Å². The Bertz CT molecular complexity index is 825. The first kappa shape index (κ1) is 22.3. The monoisotopic (exact) mass is 474 g/mol. The van der Waals surface area contributed by atoms with Crippen LogP contribution in [0.4, 0.5) is 4.79 Å². The van der Waals surface area contributed by atoms with Crippen molar-refractivity contribution in [3.8, 4) is 0 Å². The third-order valence-corrected chi connectivity index (χ3v) is 10.2. The van der Waals surface area contributed by atoms with Crippen molar-refractivity contribution in [3.05, 3.63) is 16.5 Å². The van der Waals surface area contributed by atoms with Crippen LogP contribution in [0.25, 0.3) is 0 Å². The Hall–Kier alpha value is -0.870. The van der Waals surface area contributed by atoms with Gasteiger partial charge in [0.15, 0.2) is 0 Å². The lowest BCUT2D eigenvalue weighted by Gasteiger charge is -2.37. The van der Waals surface area contributed by atoms with Crippen LogP contribution in [0, 0.1) is 5.92 Å². The molecule has 1 saturated carbocycles. The average Bonchev–Trinajstić information content (AvgIpc) is 3.41. The highest BCUT2D eigenvalue weighted by molar-refractivity contribution is 7.91. The van der Waals surface area contributed by atoms with Crippen LogP contribution >= 0.6 is 22.9 Å². The van der Waals surface area contributed by atoms with E-state index in [1.165, 1.54) is 36.5 Å². The van der Waals surface area contributed by atoms with E-state index in [0.29, 0.717) is 30.5 Å². The fourth-order valence-electron chi connectivity index (χ4n) is 4.78. The number of piperidine rings is 1. The van der Waals surface area contributed by atoms with E-state index in [1.807, 2.05) is 0 Å². The molecule has 0 aromatic carbocycles. The third-order valence-electron chi connectivity index (χ3n) is 6.57. The number of carbonyl (C=O) groups is 1. The van der Waals surface area contributed by atoms with Gasteiger partial charge in [0.1, 0.15) is 4.21 Å². The predicted molar refractivity (Wildman–Crippen MR) is 120 cm³/mol. The van der Waals surface area contributed by atoms with Gasteiger partial charge in [-0.05, 0) is 43.7 Å². The van der Waals surface area contributed by atoms with Gasteiger partial charge in [-0.2, -0.15) is 4.31 Å². The second-order valence-electron chi connectivity index (χ2n) is 8.62. The van der Waals surface area contributed by atoms with Gasteiger partial charge in [0.05, 0.1) is 4.34 Å². The van der Waals surface area contributed by atoms with E-state index in [2.05, 4.69) is 10.2 Å². The normalized spacial score (nSPS) is 23.2. The van der Waals surface area contributed by atoms with Crippen molar-refractivity contribution in [1.29, 1.82) is 0 Å². The van der Waals surface area contributed by atoms with E-state index in [-0.39, 0.29) is 16.3 Å². The minimum absolute atomic E-state index is 0.0690. The summed E-state index contributed by atoms with van der Waals surface area (Å²) in [7, 11) is -3.53. The van der Waals surface area contributed by atoms with Gasteiger partial charge >= 0.3 is 6.03 Å². The first-order valence-electron chi connectivity index (χ1n) is 10.9. The molecule has 30 heavy (non-hydrogen) atoms. The molecule has 0 unspecified atom stereocenters. The molecule has 3 fully saturated rings. The van der Waals surface area contributed by atoms with Crippen LogP contribution in [0.1, 0.15) is 38.5 Å². The topological polar surface area (TPSA) is 73.0 Å². The fraction of sp³-hybridized carbons (Fsp3) is 0.750. The molecule has 0 radical (unpaired) electrons. The Morgan fingerprint density at radius 1 is 1.03 bits per heavy atom. The van der Waals surface area contributed by atoms with Crippen molar-refractivity contribution < 1.29 is 13.2 Å². The maximum Gasteiger partial charge on any atom is 0.317 e. The molecule has 3 heterocycles. The number of urea groups is 1. The number of amides is 2. The minimum Gasteiger partial charge on any atom is -0.335 e. The van der Waals surface area contributed by atoms with E-state index in [0.717, 1.165) is 43.2 Å². The molecule has 1 N–H and O–H groups in total. The first-order valence-corrected chi connectivity index (χ1v) is 13.6. The van der Waals surface area contributed by atoms with Gasteiger partial charge in [0.2, 0.25) is 0 Å². The van der Waals surface area contributed by atoms with Crippen molar-refractivity contribution in [2.75, 3.05) is 45.8 Å². The first-order chi connectivity index (χ1) is 14.4. The molecule has 4 rings (SSSR count). The van der Waals surface area contributed by atoms with Crippen molar-refractivity contribution in [2.24, 2.45) is 5.92 Å². The Morgan fingerprint density at radius 2 is 1.70 bits per heavy atom. The highest BCUT2D eigenvalue weighted by Gasteiger charge is 2.32. The molecular formula is C20H31ClN4O3S2. The predicted octanol–water partition coefficient (Wildman–Crippen LogP) is 3.07. The van der Waals surface area contributed by atoms with Crippen molar-refractivity contribution in [3.63, 3.8) is 0 Å². The Labute approximate surface area is 188 Å². The average molecular weight is 475 g/mol. The van der Waals surface area contributed by atoms with Crippen LogP contribution in [0.15, 0.2) is 16.3 Å². The Kier molecular flexibility index (Phi) is 7.24. The number of nitrogens with one attached hydrogen (secondary N) is 1. The zero-order valence-electron chi connectivity index (χ0n) is 17.3. The minimum atomic E-state index is -3.53. The summed E-state index contributed by atoms with van der Waals surface area (Å²) >= 11 is 6.95. The number of thiophene rings is 1. The molecule has 7 nitrogen and oxygen atoms in total. The molecule has 0 bridgehead atoms. The van der Waals surface area contributed by atoms with Gasteiger partial charge < -0.3 is 15.1 Å². The summed E-state index contributed by atoms with van der Waals surface area (Å²) in [5.74, 6) is 0.869. The van der Waals surface area contributed by atoms with Crippen LogP contribution < -0.4 is 5.32 Å². The molecule has 0 spiro atoms. The molecule has 3 aliphatic rings. The highest BCUT2D eigenvalue weighted by Crippen LogP contribution is 2.29. The van der Waals surface area contributed by atoms with E-state index < -0.39 is 10.0 Å². The highest BCUT2D eigenvalue weighted by atomic mass is 35.5. The van der Waals surface area contributed by atoms with Crippen LogP contribution in [0.5, 0.6) is 0 Å². The number of likely N-dealkylation sites (tertiary alicyclic amines) is 1. The van der Waals surface area contributed by atoms with Crippen LogP contribution in [-0.4, -0.2) is 80.4 Å². The Morgan fingerprint density at radius 3 is 2.30 bits per heavy atom. The molecular weight excluding hydrogens is 444 g/mol. The third kappa shape index (κ3) is 5.30. The van der Waals surface area contributed by atoms with Crippen molar-refractivity contribution in [1.82, 2.24) is 19.4 Å². The zero-order chi connectivity index (χ0) is 21.1. The van der Waals surface area contributed by atoms with Gasteiger partial charge in [-0.1, -0.05) is 24.4 Å². The maximum absolute atomic E-state index is 12.7. The number of halogens is 1. The van der Waals surface area contributed by atoms with Crippen LogP contribution in [0.3, 0.4) is 0 Å². The summed E-state index contributed by atoms with van der Waals surface area (Å²) in [6.45, 7) is 4.76. The van der Waals surface area contributed by atoms with Gasteiger partial charge in [-0.3, -0.25) is 0 Å². The van der Waals surface area contributed by atoms with Crippen molar-refractivity contribution >= 4 is 39.0 Å². The molecule has 2 amide bonds.